The third-order valence-electron chi connectivity index (χ3n) is 3.25. The summed E-state index contributed by atoms with van der Waals surface area (Å²) >= 11 is 1.16. The van der Waals surface area contributed by atoms with Crippen molar-refractivity contribution in [3.63, 3.8) is 0 Å². The molecule has 8 heteroatoms. The Kier molecular flexibility index (Phi) is 5.61. The molecule has 0 saturated carbocycles. The zero-order valence-electron chi connectivity index (χ0n) is 13.3. The Morgan fingerprint density at radius 3 is 2.50 bits per heavy atom. The monoisotopic (exact) mass is 351 g/mol. The van der Waals surface area contributed by atoms with Gasteiger partial charge < -0.3 is 5.73 Å². The molecule has 1 aromatic carbocycles. The minimum atomic E-state index is -0.790. The Bertz CT molecular complexity index is 856. The van der Waals surface area contributed by atoms with Gasteiger partial charge in [-0.1, -0.05) is 13.8 Å². The average molecular weight is 351 g/mol. The van der Waals surface area contributed by atoms with E-state index in [-0.39, 0.29) is 28.9 Å². The Hall–Kier alpha value is -2.35. The van der Waals surface area contributed by atoms with Crippen molar-refractivity contribution in [1.82, 2.24) is 9.55 Å². The summed E-state index contributed by atoms with van der Waals surface area (Å²) in [5.41, 5.74) is 4.25. The highest BCUT2D eigenvalue weighted by Gasteiger charge is 2.19. The van der Waals surface area contributed by atoms with Crippen LogP contribution >= 0.6 is 11.8 Å². The van der Waals surface area contributed by atoms with E-state index in [1.165, 1.54) is 16.7 Å². The van der Waals surface area contributed by atoms with E-state index in [1.807, 2.05) is 13.8 Å². The topological polar surface area (TPSA) is 97.9 Å². The van der Waals surface area contributed by atoms with Crippen LogP contribution in [0.15, 0.2) is 38.8 Å². The van der Waals surface area contributed by atoms with Crippen molar-refractivity contribution in [2.24, 2.45) is 5.92 Å². The number of thioether (sulfide) groups is 1. The summed E-state index contributed by atoms with van der Waals surface area (Å²) in [5, 5.41) is 0. The largest absolute Gasteiger partial charge is 0.384 e. The van der Waals surface area contributed by atoms with Crippen molar-refractivity contribution in [2.75, 3.05) is 11.5 Å². The number of nitrogen functional groups attached to an aromatic ring is 1. The van der Waals surface area contributed by atoms with Crippen LogP contribution in [-0.2, 0) is 6.54 Å². The molecule has 2 rings (SSSR count). The molecule has 0 spiro atoms. The first-order chi connectivity index (χ1) is 11.3. The van der Waals surface area contributed by atoms with Crippen LogP contribution in [0.4, 0.5) is 10.2 Å². The van der Waals surface area contributed by atoms with Gasteiger partial charge in [0.2, 0.25) is 0 Å². The summed E-state index contributed by atoms with van der Waals surface area (Å²) in [7, 11) is 0. The molecule has 0 saturated heterocycles. The molecule has 0 aliphatic carbocycles. The Morgan fingerprint density at radius 1 is 1.29 bits per heavy atom. The van der Waals surface area contributed by atoms with Crippen LogP contribution in [0.3, 0.4) is 0 Å². The van der Waals surface area contributed by atoms with Gasteiger partial charge in [-0.3, -0.25) is 19.1 Å². The number of anilines is 1. The molecule has 0 fully saturated rings. The van der Waals surface area contributed by atoms with E-state index in [2.05, 4.69) is 4.98 Å². The highest BCUT2D eigenvalue weighted by molar-refractivity contribution is 8.00. The molecule has 2 aromatic rings. The number of halogens is 1. The second-order valence-corrected chi connectivity index (χ2v) is 6.74. The van der Waals surface area contributed by atoms with Gasteiger partial charge in [-0.2, -0.15) is 0 Å². The van der Waals surface area contributed by atoms with E-state index in [9.17, 15) is 18.8 Å². The first-order valence-electron chi connectivity index (χ1n) is 7.33. The molecule has 0 bridgehead atoms. The number of Topliss-reactive ketones (excluding diaryl/α,β-unsaturated/α-hetero) is 1. The van der Waals surface area contributed by atoms with Gasteiger partial charge in [0.1, 0.15) is 17.2 Å². The number of rotatable bonds is 6. The number of ketones is 1. The number of hydrogen-bond donors (Lipinski definition) is 2. The van der Waals surface area contributed by atoms with Gasteiger partial charge in [-0.15, -0.1) is 11.8 Å². The maximum Gasteiger partial charge on any atom is 0.329 e. The van der Waals surface area contributed by atoms with E-state index < -0.39 is 17.0 Å². The summed E-state index contributed by atoms with van der Waals surface area (Å²) in [5.74, 6) is -0.902. The molecule has 0 aliphatic heterocycles. The zero-order valence-corrected chi connectivity index (χ0v) is 14.2. The molecule has 0 unspecified atom stereocenters. The van der Waals surface area contributed by atoms with Gasteiger partial charge in [-0.05, 0) is 30.2 Å². The molecule has 24 heavy (non-hydrogen) atoms. The van der Waals surface area contributed by atoms with Crippen LogP contribution in [0, 0.1) is 11.7 Å². The van der Waals surface area contributed by atoms with Crippen LogP contribution in [0.1, 0.15) is 24.2 Å². The third kappa shape index (κ3) is 4.14. The van der Waals surface area contributed by atoms with Gasteiger partial charge in [0.25, 0.3) is 5.56 Å². The van der Waals surface area contributed by atoms with Crippen LogP contribution in [0.25, 0.3) is 0 Å². The lowest BCUT2D eigenvalue weighted by molar-refractivity contribution is 0.102. The maximum atomic E-state index is 12.9. The Labute approximate surface area is 141 Å². The van der Waals surface area contributed by atoms with E-state index in [0.29, 0.717) is 11.4 Å². The number of hydrogen-bond acceptors (Lipinski definition) is 5. The van der Waals surface area contributed by atoms with E-state index in [0.717, 1.165) is 11.8 Å². The minimum Gasteiger partial charge on any atom is -0.384 e. The van der Waals surface area contributed by atoms with E-state index >= 15 is 0 Å². The van der Waals surface area contributed by atoms with E-state index in [1.54, 1.807) is 12.1 Å². The predicted octanol–water partition coefficient (Wildman–Crippen LogP) is 1.89. The molecule has 1 aromatic heterocycles. The number of nitrogens with two attached hydrogens (primary N) is 1. The van der Waals surface area contributed by atoms with Gasteiger partial charge in [0.15, 0.2) is 5.78 Å². The highest BCUT2D eigenvalue weighted by atomic mass is 32.2. The fourth-order valence-electron chi connectivity index (χ4n) is 2.16. The smallest absolute Gasteiger partial charge is 0.329 e. The molecule has 0 aliphatic rings. The van der Waals surface area contributed by atoms with Gasteiger partial charge >= 0.3 is 5.69 Å². The Morgan fingerprint density at radius 2 is 1.92 bits per heavy atom. The number of aromatic nitrogens is 2. The predicted molar refractivity (Wildman–Crippen MR) is 92.0 cm³/mol. The molecule has 6 nitrogen and oxygen atoms in total. The summed E-state index contributed by atoms with van der Waals surface area (Å²) < 4.78 is 14.1. The van der Waals surface area contributed by atoms with Crippen molar-refractivity contribution in [3.05, 3.63) is 56.5 Å². The standard InChI is InChI=1S/C16H18FN3O3S/c1-9(2)7-20-14(18)13(15(22)19-16(20)23)12(21)8-24-11-5-3-10(17)4-6-11/h3-6,9H,7-8,18H2,1-2H3,(H,19,22,23). The SMILES string of the molecule is CC(C)Cn1c(N)c(C(=O)CSc2ccc(F)cc2)c(=O)[nH]c1=O. The molecular weight excluding hydrogens is 333 g/mol. The number of aromatic amines is 1. The molecule has 1 heterocycles. The molecule has 0 amide bonds. The number of carbonyl (C=O) groups excluding carboxylic acids is 1. The zero-order chi connectivity index (χ0) is 17.9. The molecule has 128 valence electrons. The average Bonchev–Trinajstić information content (AvgIpc) is 2.50. The number of nitrogens with one attached hydrogen (secondary N) is 1. The number of benzene rings is 1. The van der Waals surface area contributed by atoms with Crippen molar-refractivity contribution in [3.8, 4) is 0 Å². The lowest BCUT2D eigenvalue weighted by atomic mass is 10.2. The highest BCUT2D eigenvalue weighted by Crippen LogP contribution is 2.20. The van der Waals surface area contributed by atoms with Gasteiger partial charge in [-0.25, -0.2) is 9.18 Å². The summed E-state index contributed by atoms with van der Waals surface area (Å²) in [4.78, 5) is 39.0. The molecular formula is C16H18FN3O3S. The lowest BCUT2D eigenvalue weighted by Gasteiger charge is -2.13. The third-order valence-corrected chi connectivity index (χ3v) is 4.26. The first kappa shape index (κ1) is 18.0. The molecule has 3 N–H and O–H groups in total. The van der Waals surface area contributed by atoms with Crippen molar-refractivity contribution < 1.29 is 9.18 Å². The van der Waals surface area contributed by atoms with Crippen LogP contribution in [0.2, 0.25) is 0 Å². The normalized spacial score (nSPS) is 11.0. The second-order valence-electron chi connectivity index (χ2n) is 5.69. The summed E-state index contributed by atoms with van der Waals surface area (Å²) in [6.07, 6.45) is 0. The van der Waals surface area contributed by atoms with Crippen molar-refractivity contribution >= 4 is 23.4 Å². The van der Waals surface area contributed by atoms with E-state index in [4.69, 9.17) is 5.73 Å². The van der Waals surface area contributed by atoms with Gasteiger partial charge in [0, 0.05) is 11.4 Å². The minimum absolute atomic E-state index is 0.0429. The van der Waals surface area contributed by atoms with Crippen LogP contribution < -0.4 is 17.0 Å². The first-order valence-corrected chi connectivity index (χ1v) is 8.32. The summed E-state index contributed by atoms with van der Waals surface area (Å²) in [6, 6.07) is 5.66. The number of nitrogens with zero attached hydrogens (tertiary/aromatic N) is 1. The lowest BCUT2D eigenvalue weighted by Crippen LogP contribution is -2.37. The second kappa shape index (κ2) is 7.48. The van der Waals surface area contributed by atoms with Crippen LogP contribution in [0.5, 0.6) is 0 Å². The summed E-state index contributed by atoms with van der Waals surface area (Å²) in [6.45, 7) is 4.08. The fourth-order valence-corrected chi connectivity index (χ4v) is 2.93. The quantitative estimate of drug-likeness (QED) is 0.612. The maximum absolute atomic E-state index is 12.9. The molecule has 0 radical (unpaired) electrons. The van der Waals surface area contributed by atoms with Crippen molar-refractivity contribution in [1.29, 1.82) is 0 Å². The number of H-pyrrole nitrogens is 1. The fraction of sp³-hybridized carbons (Fsp3) is 0.312. The molecule has 0 atom stereocenters. The van der Waals surface area contributed by atoms with Crippen molar-refractivity contribution in [2.45, 2.75) is 25.3 Å². The number of carbonyl (C=O) groups is 1. The van der Waals surface area contributed by atoms with Gasteiger partial charge in [0.05, 0.1) is 5.75 Å². The Balaban J connectivity index is 2.27. The van der Waals surface area contributed by atoms with Crippen LogP contribution in [-0.4, -0.2) is 21.1 Å².